The van der Waals surface area contributed by atoms with Gasteiger partial charge in [-0.15, -0.1) is 0 Å². The summed E-state index contributed by atoms with van der Waals surface area (Å²) in [5.74, 6) is 0.987. The number of halogens is 2. The first-order valence-corrected chi connectivity index (χ1v) is 12.7. The lowest BCUT2D eigenvalue weighted by Gasteiger charge is -2.24. The molecular weight excluding hydrogens is 541 g/mol. The monoisotopic (exact) mass is 567 g/mol. The number of amides is 1. The average molecular weight is 568 g/mol. The van der Waals surface area contributed by atoms with Crippen LogP contribution in [0.4, 0.5) is 15.0 Å². The molecule has 2 N–H and O–H groups in total. The van der Waals surface area contributed by atoms with Crippen LogP contribution in [0.5, 0.6) is 11.5 Å². The van der Waals surface area contributed by atoms with E-state index in [1.165, 1.54) is 18.5 Å². The van der Waals surface area contributed by atoms with Gasteiger partial charge in [0.1, 0.15) is 40.7 Å². The molecule has 8 nitrogen and oxygen atoms in total. The summed E-state index contributed by atoms with van der Waals surface area (Å²) in [5, 5.41) is 0.726. The van der Waals surface area contributed by atoms with Crippen LogP contribution in [-0.2, 0) is 4.74 Å². The van der Waals surface area contributed by atoms with Gasteiger partial charge in [0.15, 0.2) is 0 Å². The number of ether oxygens (including phenoxy) is 2. The highest BCUT2D eigenvalue weighted by Gasteiger charge is 2.34. The summed E-state index contributed by atoms with van der Waals surface area (Å²) >= 11 is 3.79. The van der Waals surface area contributed by atoms with Gasteiger partial charge in [-0.2, -0.15) is 0 Å². The highest BCUT2D eigenvalue weighted by Crippen LogP contribution is 2.43. The lowest BCUT2D eigenvalue weighted by molar-refractivity contribution is 0.0289. The standard InChI is InChI=1S/C27H27BrFN5O3/c1-27(2,3)37-26(35)33-12-11-18(14-33)34-23(28)21(22-24(30)31-15-32-25(22)34)16-7-9-19(10-8-16)36-20-6-4-5-17(29)13-20/h4-10,13,15,18H,11-12,14H2,1-3H3,(H2,30,31,32). The Morgan fingerprint density at radius 2 is 1.89 bits per heavy atom. The molecule has 10 heteroatoms. The van der Waals surface area contributed by atoms with Crippen molar-refractivity contribution in [2.45, 2.75) is 38.8 Å². The number of nitrogens with zero attached hydrogens (tertiary/aromatic N) is 4. The smallest absolute Gasteiger partial charge is 0.410 e. The summed E-state index contributed by atoms with van der Waals surface area (Å²) in [4.78, 5) is 23.2. The van der Waals surface area contributed by atoms with E-state index in [9.17, 15) is 9.18 Å². The Balaban J connectivity index is 1.48. The second-order valence-corrected chi connectivity index (χ2v) is 10.7. The topological polar surface area (TPSA) is 95.5 Å². The molecule has 4 aromatic rings. The molecule has 2 aromatic carbocycles. The third-order valence-electron chi connectivity index (χ3n) is 6.11. The number of anilines is 1. The van der Waals surface area contributed by atoms with Crippen molar-refractivity contribution in [3.63, 3.8) is 0 Å². The quantitative estimate of drug-likeness (QED) is 0.300. The number of fused-ring (bicyclic) bond motifs is 1. The Bertz CT molecular complexity index is 1470. The zero-order valence-electron chi connectivity index (χ0n) is 20.7. The third kappa shape index (κ3) is 5.11. The number of benzene rings is 2. The molecule has 1 saturated heterocycles. The maximum absolute atomic E-state index is 13.5. The Hall–Kier alpha value is -3.66. The van der Waals surface area contributed by atoms with Crippen LogP contribution >= 0.6 is 15.9 Å². The molecule has 1 amide bonds. The molecule has 1 aliphatic heterocycles. The van der Waals surface area contributed by atoms with Crippen LogP contribution in [0.25, 0.3) is 22.2 Å². The molecule has 37 heavy (non-hydrogen) atoms. The molecule has 0 bridgehead atoms. The number of carbonyl (C=O) groups is 1. The third-order valence-corrected chi connectivity index (χ3v) is 6.89. The normalized spacial score (nSPS) is 15.8. The van der Waals surface area contributed by atoms with Crippen LogP contribution in [0.3, 0.4) is 0 Å². The summed E-state index contributed by atoms with van der Waals surface area (Å²) in [5.41, 5.74) is 8.19. The summed E-state index contributed by atoms with van der Waals surface area (Å²) < 4.78 is 27.7. The minimum Gasteiger partial charge on any atom is -0.457 e. The second kappa shape index (κ2) is 9.66. The van der Waals surface area contributed by atoms with Crippen LogP contribution in [-0.4, -0.2) is 44.2 Å². The van der Waals surface area contributed by atoms with Crippen molar-refractivity contribution >= 4 is 38.9 Å². The molecule has 1 unspecified atom stereocenters. The van der Waals surface area contributed by atoms with Gasteiger partial charge < -0.3 is 24.7 Å². The Morgan fingerprint density at radius 3 is 2.59 bits per heavy atom. The Kier molecular flexibility index (Phi) is 6.53. The zero-order chi connectivity index (χ0) is 26.3. The Morgan fingerprint density at radius 1 is 1.14 bits per heavy atom. The van der Waals surface area contributed by atoms with Gasteiger partial charge >= 0.3 is 6.09 Å². The average Bonchev–Trinajstić information content (AvgIpc) is 3.42. The van der Waals surface area contributed by atoms with Gasteiger partial charge in [0.05, 0.1) is 16.0 Å². The molecule has 1 atom stereocenters. The molecule has 0 radical (unpaired) electrons. The lowest BCUT2D eigenvalue weighted by atomic mass is 10.1. The first-order valence-electron chi connectivity index (χ1n) is 11.9. The molecule has 5 rings (SSSR count). The molecule has 0 saturated carbocycles. The maximum Gasteiger partial charge on any atom is 0.410 e. The first kappa shape index (κ1) is 25.0. The van der Waals surface area contributed by atoms with E-state index in [-0.39, 0.29) is 18.0 Å². The minimum absolute atomic E-state index is 0.0250. The van der Waals surface area contributed by atoms with E-state index < -0.39 is 5.60 Å². The number of nitrogen functional groups attached to an aromatic ring is 1. The van der Waals surface area contributed by atoms with Crippen molar-refractivity contribution in [2.24, 2.45) is 0 Å². The van der Waals surface area contributed by atoms with Crippen LogP contribution in [0, 0.1) is 5.82 Å². The van der Waals surface area contributed by atoms with Gasteiger partial charge in [-0.3, -0.25) is 0 Å². The maximum atomic E-state index is 13.5. The van der Waals surface area contributed by atoms with Crippen molar-refractivity contribution in [3.05, 3.63) is 65.3 Å². The number of likely N-dealkylation sites (tertiary alicyclic amines) is 1. The van der Waals surface area contributed by atoms with Crippen molar-refractivity contribution in [1.29, 1.82) is 0 Å². The highest BCUT2D eigenvalue weighted by molar-refractivity contribution is 9.10. The fourth-order valence-electron chi connectivity index (χ4n) is 4.53. The van der Waals surface area contributed by atoms with Gasteiger partial charge in [-0.25, -0.2) is 19.2 Å². The van der Waals surface area contributed by atoms with Crippen LogP contribution < -0.4 is 10.5 Å². The first-order chi connectivity index (χ1) is 17.6. The number of hydrogen-bond acceptors (Lipinski definition) is 6. The molecule has 192 valence electrons. The van der Waals surface area contributed by atoms with Gasteiger partial charge in [0, 0.05) is 24.7 Å². The van der Waals surface area contributed by atoms with Crippen molar-refractivity contribution in [2.75, 3.05) is 18.8 Å². The van der Waals surface area contributed by atoms with Crippen LogP contribution in [0.2, 0.25) is 0 Å². The van der Waals surface area contributed by atoms with Crippen LogP contribution in [0.1, 0.15) is 33.2 Å². The zero-order valence-corrected chi connectivity index (χ0v) is 22.3. The van der Waals surface area contributed by atoms with Gasteiger partial charge in [0.2, 0.25) is 0 Å². The molecular formula is C27H27BrFN5O3. The summed E-state index contributed by atoms with van der Waals surface area (Å²) in [6.45, 7) is 6.63. The van der Waals surface area contributed by atoms with E-state index in [1.807, 2.05) is 45.0 Å². The lowest BCUT2D eigenvalue weighted by Crippen LogP contribution is -2.35. The number of carbonyl (C=O) groups excluding carboxylic acids is 1. The largest absolute Gasteiger partial charge is 0.457 e. The number of rotatable bonds is 4. The Labute approximate surface area is 222 Å². The van der Waals surface area contributed by atoms with Crippen LogP contribution in [0.15, 0.2) is 59.5 Å². The molecule has 1 fully saturated rings. The fourth-order valence-corrected chi connectivity index (χ4v) is 5.41. The molecule has 1 aliphatic rings. The van der Waals surface area contributed by atoms with E-state index in [1.54, 1.807) is 17.0 Å². The summed E-state index contributed by atoms with van der Waals surface area (Å²) in [7, 11) is 0. The van der Waals surface area contributed by atoms with Crippen molar-refractivity contribution in [3.8, 4) is 22.6 Å². The van der Waals surface area contributed by atoms with E-state index in [0.717, 1.165) is 27.5 Å². The van der Waals surface area contributed by atoms with Crippen molar-refractivity contribution in [1.82, 2.24) is 19.4 Å². The molecule has 3 heterocycles. The van der Waals surface area contributed by atoms with E-state index >= 15 is 0 Å². The van der Waals surface area contributed by atoms with Gasteiger partial charge in [-0.05, 0) is 73.0 Å². The minimum atomic E-state index is -0.560. The number of aromatic nitrogens is 3. The second-order valence-electron chi connectivity index (χ2n) is 9.95. The van der Waals surface area contributed by atoms with Gasteiger partial charge in [-0.1, -0.05) is 18.2 Å². The van der Waals surface area contributed by atoms with E-state index in [2.05, 4.69) is 30.5 Å². The number of hydrogen-bond donors (Lipinski definition) is 1. The summed E-state index contributed by atoms with van der Waals surface area (Å²) in [6, 6.07) is 13.4. The molecule has 0 spiro atoms. The van der Waals surface area contributed by atoms with E-state index in [0.29, 0.717) is 36.1 Å². The predicted octanol–water partition coefficient (Wildman–Crippen LogP) is 6.56. The SMILES string of the molecule is CC(C)(C)OC(=O)N1CCC(n2c(Br)c(-c3ccc(Oc4cccc(F)c4)cc3)c3c(N)ncnc32)C1. The van der Waals surface area contributed by atoms with Gasteiger partial charge in [0.25, 0.3) is 0 Å². The molecule has 0 aliphatic carbocycles. The summed E-state index contributed by atoms with van der Waals surface area (Å²) in [6.07, 6.45) is 1.86. The molecule has 2 aromatic heterocycles. The number of nitrogens with two attached hydrogens (primary N) is 1. The highest BCUT2D eigenvalue weighted by atomic mass is 79.9. The fraction of sp³-hybridized carbons (Fsp3) is 0.296. The predicted molar refractivity (Wildman–Crippen MR) is 143 cm³/mol. The van der Waals surface area contributed by atoms with Crippen molar-refractivity contribution < 1.29 is 18.7 Å². The van der Waals surface area contributed by atoms with E-state index in [4.69, 9.17) is 15.2 Å².